The van der Waals surface area contributed by atoms with Gasteiger partial charge in [-0.05, 0) is 40.3 Å². The second-order valence-corrected chi connectivity index (χ2v) is 4.23. The Hall–Kier alpha value is -1.03. The molecule has 2 aromatic carbocycles. The van der Waals surface area contributed by atoms with Gasteiger partial charge in [0.05, 0.1) is 0 Å². The highest BCUT2D eigenvalue weighted by atomic mass is 127. The van der Waals surface area contributed by atoms with Crippen LogP contribution < -0.4 is 5.73 Å². The molecule has 0 aliphatic heterocycles. The SMILES string of the molecule is Nc1ccccc1-c1ccccc1I. The number of benzene rings is 2. The average Bonchev–Trinajstić information content (AvgIpc) is 2.20. The van der Waals surface area contributed by atoms with Crippen molar-refractivity contribution in [2.75, 3.05) is 5.73 Å². The summed E-state index contributed by atoms with van der Waals surface area (Å²) in [5.41, 5.74) is 9.06. The van der Waals surface area contributed by atoms with Crippen LogP contribution in [0.5, 0.6) is 0 Å². The number of anilines is 1. The molecular weight excluding hydrogens is 285 g/mol. The monoisotopic (exact) mass is 295 g/mol. The first kappa shape index (κ1) is 9.52. The standard InChI is InChI=1S/C12H10IN/c13-11-7-3-1-5-9(11)10-6-2-4-8-12(10)14/h1-8H,14H2. The van der Waals surface area contributed by atoms with Crippen LogP contribution in [0.15, 0.2) is 48.5 Å². The van der Waals surface area contributed by atoms with E-state index in [1.165, 1.54) is 9.13 Å². The minimum atomic E-state index is 0.830. The molecule has 0 aliphatic carbocycles. The number of hydrogen-bond donors (Lipinski definition) is 1. The molecule has 2 aromatic rings. The molecule has 70 valence electrons. The average molecular weight is 295 g/mol. The Labute approximate surface area is 97.1 Å². The lowest BCUT2D eigenvalue weighted by atomic mass is 10.0. The predicted octanol–water partition coefficient (Wildman–Crippen LogP) is 3.54. The van der Waals surface area contributed by atoms with E-state index in [2.05, 4.69) is 34.7 Å². The third-order valence-electron chi connectivity index (χ3n) is 2.12. The van der Waals surface area contributed by atoms with Gasteiger partial charge in [-0.3, -0.25) is 0 Å². The predicted molar refractivity (Wildman–Crippen MR) is 69.0 cm³/mol. The van der Waals surface area contributed by atoms with Crippen LogP contribution in [0.4, 0.5) is 5.69 Å². The lowest BCUT2D eigenvalue weighted by Gasteiger charge is -2.06. The minimum Gasteiger partial charge on any atom is -0.398 e. The van der Waals surface area contributed by atoms with Crippen molar-refractivity contribution in [1.29, 1.82) is 0 Å². The van der Waals surface area contributed by atoms with E-state index in [-0.39, 0.29) is 0 Å². The summed E-state index contributed by atoms with van der Waals surface area (Å²) in [5.74, 6) is 0. The van der Waals surface area contributed by atoms with Crippen LogP contribution in [0.1, 0.15) is 0 Å². The number of nitrogens with two attached hydrogens (primary N) is 1. The summed E-state index contributed by atoms with van der Waals surface area (Å²) >= 11 is 2.32. The summed E-state index contributed by atoms with van der Waals surface area (Å²) in [6, 6.07) is 16.2. The molecule has 0 atom stereocenters. The van der Waals surface area contributed by atoms with Gasteiger partial charge in [0.2, 0.25) is 0 Å². The Morgan fingerprint density at radius 1 is 0.786 bits per heavy atom. The van der Waals surface area contributed by atoms with E-state index < -0.39 is 0 Å². The van der Waals surface area contributed by atoms with E-state index in [0.29, 0.717) is 0 Å². The highest BCUT2D eigenvalue weighted by molar-refractivity contribution is 14.1. The van der Waals surface area contributed by atoms with Crippen molar-refractivity contribution in [2.24, 2.45) is 0 Å². The molecular formula is C12H10IN. The second-order valence-electron chi connectivity index (χ2n) is 3.07. The van der Waals surface area contributed by atoms with E-state index >= 15 is 0 Å². The third-order valence-corrected chi connectivity index (χ3v) is 3.07. The molecule has 0 radical (unpaired) electrons. The molecule has 2 heteroatoms. The van der Waals surface area contributed by atoms with Crippen LogP contribution in [0.3, 0.4) is 0 Å². The number of para-hydroxylation sites is 1. The Balaban J connectivity index is 2.61. The van der Waals surface area contributed by atoms with Crippen LogP contribution in [-0.2, 0) is 0 Å². The van der Waals surface area contributed by atoms with Crippen LogP contribution in [-0.4, -0.2) is 0 Å². The Morgan fingerprint density at radius 3 is 2.00 bits per heavy atom. The van der Waals surface area contributed by atoms with Gasteiger partial charge >= 0.3 is 0 Å². The van der Waals surface area contributed by atoms with Gasteiger partial charge in [-0.25, -0.2) is 0 Å². The van der Waals surface area contributed by atoms with E-state index in [9.17, 15) is 0 Å². The molecule has 0 aliphatic rings. The maximum absolute atomic E-state index is 5.92. The largest absolute Gasteiger partial charge is 0.398 e. The molecule has 0 bridgehead atoms. The van der Waals surface area contributed by atoms with Gasteiger partial charge < -0.3 is 5.73 Å². The summed E-state index contributed by atoms with van der Waals surface area (Å²) in [5, 5.41) is 0. The molecule has 1 nitrogen and oxygen atoms in total. The molecule has 0 heterocycles. The zero-order valence-corrected chi connectivity index (χ0v) is 9.73. The van der Waals surface area contributed by atoms with Crippen molar-refractivity contribution >= 4 is 28.3 Å². The summed E-state index contributed by atoms with van der Waals surface area (Å²) in [6.45, 7) is 0. The number of nitrogen functional groups attached to an aromatic ring is 1. The van der Waals surface area contributed by atoms with Gasteiger partial charge in [-0.2, -0.15) is 0 Å². The second kappa shape index (κ2) is 4.00. The Morgan fingerprint density at radius 2 is 1.36 bits per heavy atom. The summed E-state index contributed by atoms with van der Waals surface area (Å²) < 4.78 is 1.23. The lowest BCUT2D eigenvalue weighted by molar-refractivity contribution is 1.58. The smallest absolute Gasteiger partial charge is 0.0394 e. The van der Waals surface area contributed by atoms with Crippen molar-refractivity contribution in [1.82, 2.24) is 0 Å². The molecule has 2 rings (SSSR count). The Bertz CT molecular complexity index is 408. The van der Waals surface area contributed by atoms with Crippen molar-refractivity contribution in [2.45, 2.75) is 0 Å². The fourth-order valence-electron chi connectivity index (χ4n) is 1.42. The van der Waals surface area contributed by atoms with E-state index in [1.54, 1.807) is 0 Å². The number of halogens is 1. The fourth-order valence-corrected chi connectivity index (χ4v) is 2.10. The molecule has 0 fully saturated rings. The molecule has 14 heavy (non-hydrogen) atoms. The molecule has 0 saturated heterocycles. The fraction of sp³-hybridized carbons (Fsp3) is 0. The molecule has 0 amide bonds. The quantitative estimate of drug-likeness (QED) is 0.632. The molecule has 2 N–H and O–H groups in total. The van der Waals surface area contributed by atoms with Gasteiger partial charge in [-0.1, -0.05) is 36.4 Å². The van der Waals surface area contributed by atoms with Crippen molar-refractivity contribution < 1.29 is 0 Å². The van der Waals surface area contributed by atoms with E-state index in [4.69, 9.17) is 5.73 Å². The first-order valence-corrected chi connectivity index (χ1v) is 5.46. The molecule has 0 saturated carbocycles. The topological polar surface area (TPSA) is 26.0 Å². The summed E-state index contributed by atoms with van der Waals surface area (Å²) in [6.07, 6.45) is 0. The van der Waals surface area contributed by atoms with Crippen LogP contribution >= 0.6 is 22.6 Å². The molecule has 0 spiro atoms. The maximum atomic E-state index is 5.92. The molecule has 0 aromatic heterocycles. The Kier molecular flexibility index (Phi) is 2.72. The number of hydrogen-bond acceptors (Lipinski definition) is 1. The van der Waals surface area contributed by atoms with Gasteiger partial charge in [0.25, 0.3) is 0 Å². The number of rotatable bonds is 1. The highest BCUT2D eigenvalue weighted by Crippen LogP contribution is 2.29. The van der Waals surface area contributed by atoms with Crippen LogP contribution in [0.25, 0.3) is 11.1 Å². The van der Waals surface area contributed by atoms with Gasteiger partial charge in [-0.15, -0.1) is 0 Å². The summed E-state index contributed by atoms with van der Waals surface area (Å²) in [4.78, 5) is 0. The maximum Gasteiger partial charge on any atom is 0.0394 e. The zero-order valence-electron chi connectivity index (χ0n) is 7.57. The highest BCUT2D eigenvalue weighted by Gasteiger charge is 2.03. The minimum absolute atomic E-state index is 0.830. The van der Waals surface area contributed by atoms with E-state index in [1.807, 2.05) is 36.4 Å². The van der Waals surface area contributed by atoms with Crippen molar-refractivity contribution in [3.8, 4) is 11.1 Å². The van der Waals surface area contributed by atoms with Crippen molar-refractivity contribution in [3.05, 3.63) is 52.1 Å². The zero-order chi connectivity index (χ0) is 9.97. The van der Waals surface area contributed by atoms with Crippen LogP contribution in [0.2, 0.25) is 0 Å². The van der Waals surface area contributed by atoms with Crippen LogP contribution in [0, 0.1) is 3.57 Å². The van der Waals surface area contributed by atoms with Gasteiger partial charge in [0.15, 0.2) is 0 Å². The van der Waals surface area contributed by atoms with E-state index in [0.717, 1.165) is 11.3 Å². The first-order chi connectivity index (χ1) is 6.79. The van der Waals surface area contributed by atoms with Gasteiger partial charge in [0.1, 0.15) is 0 Å². The van der Waals surface area contributed by atoms with Crippen molar-refractivity contribution in [3.63, 3.8) is 0 Å². The summed E-state index contributed by atoms with van der Waals surface area (Å²) in [7, 11) is 0. The van der Waals surface area contributed by atoms with Gasteiger partial charge in [0, 0.05) is 14.8 Å². The third kappa shape index (κ3) is 1.75. The molecule has 0 unspecified atom stereocenters. The first-order valence-electron chi connectivity index (χ1n) is 4.38. The normalized spacial score (nSPS) is 10.1. The lowest BCUT2D eigenvalue weighted by Crippen LogP contribution is -1.90.